The van der Waals surface area contributed by atoms with Gasteiger partial charge in [0.25, 0.3) is 5.69 Å². The quantitative estimate of drug-likeness (QED) is 0.491. The van der Waals surface area contributed by atoms with Crippen molar-refractivity contribution in [1.29, 1.82) is 0 Å². The van der Waals surface area contributed by atoms with Gasteiger partial charge >= 0.3 is 0 Å². The van der Waals surface area contributed by atoms with E-state index in [0.29, 0.717) is 17.5 Å². The number of aryl methyl sites for hydroxylation is 2. The molecule has 6 heteroatoms. The highest BCUT2D eigenvalue weighted by Crippen LogP contribution is 2.40. The number of benzene rings is 1. The summed E-state index contributed by atoms with van der Waals surface area (Å²) in [7, 11) is 0. The molecule has 1 atom stereocenters. The number of aliphatic hydroxyl groups is 1. The summed E-state index contributed by atoms with van der Waals surface area (Å²) in [5.74, 6) is -1.26. The molecule has 1 aliphatic rings. The summed E-state index contributed by atoms with van der Waals surface area (Å²) < 4.78 is 0. The lowest BCUT2D eigenvalue weighted by Crippen LogP contribution is -2.24. The summed E-state index contributed by atoms with van der Waals surface area (Å²) >= 11 is 0. The van der Waals surface area contributed by atoms with Crippen molar-refractivity contribution in [1.82, 2.24) is 0 Å². The number of allylic oxidation sites excluding steroid dienone is 2. The van der Waals surface area contributed by atoms with E-state index in [0.717, 1.165) is 11.1 Å². The molecule has 0 aliphatic heterocycles. The lowest BCUT2D eigenvalue weighted by atomic mass is 9.77. The van der Waals surface area contributed by atoms with Crippen molar-refractivity contribution in [3.8, 4) is 0 Å². The van der Waals surface area contributed by atoms with E-state index in [9.17, 15) is 24.8 Å². The predicted molar refractivity (Wildman–Crippen MR) is 93.9 cm³/mol. The largest absolute Gasteiger partial charge is 0.511 e. The van der Waals surface area contributed by atoms with Gasteiger partial charge < -0.3 is 5.11 Å². The summed E-state index contributed by atoms with van der Waals surface area (Å²) in [5, 5.41) is 21.7. The van der Waals surface area contributed by atoms with Crippen LogP contribution in [0.4, 0.5) is 5.69 Å². The van der Waals surface area contributed by atoms with Crippen LogP contribution in [0.25, 0.3) is 0 Å². The predicted octanol–water partition coefficient (Wildman–Crippen LogP) is 4.15. The Kier molecular flexibility index (Phi) is 5.40. The maximum Gasteiger partial charge on any atom is 0.275 e. The molecule has 1 N–H and O–H groups in total. The third-order valence-corrected chi connectivity index (χ3v) is 4.78. The average Bonchev–Trinajstić information content (AvgIpc) is 2.45. The standard InChI is InChI=1S/C19H23NO5/c1-5-6-14(21)18-15(22)8-13(9-16(18)23)17-10(2)7-11(3)19(12(17)4)20(24)25/h7,13,22H,5-6,8-9H2,1-4H3. The molecule has 2 rings (SSSR count). The highest BCUT2D eigenvalue weighted by Gasteiger charge is 2.34. The molecule has 134 valence electrons. The minimum atomic E-state index is -0.413. The second-order valence-electron chi connectivity index (χ2n) is 6.68. The first-order valence-electron chi connectivity index (χ1n) is 8.42. The van der Waals surface area contributed by atoms with Gasteiger partial charge in [0, 0.05) is 30.4 Å². The molecule has 0 bridgehead atoms. The van der Waals surface area contributed by atoms with Gasteiger partial charge in [0.2, 0.25) is 0 Å². The Labute approximate surface area is 146 Å². The summed E-state index contributed by atoms with van der Waals surface area (Å²) in [5.41, 5.74) is 2.63. The molecule has 25 heavy (non-hydrogen) atoms. The first-order chi connectivity index (χ1) is 11.7. The van der Waals surface area contributed by atoms with Gasteiger partial charge in [0.1, 0.15) is 5.76 Å². The molecule has 0 fully saturated rings. The van der Waals surface area contributed by atoms with Gasteiger partial charge in [-0.1, -0.05) is 6.92 Å². The van der Waals surface area contributed by atoms with E-state index in [4.69, 9.17) is 0 Å². The van der Waals surface area contributed by atoms with Crippen molar-refractivity contribution in [2.24, 2.45) is 0 Å². The zero-order valence-corrected chi connectivity index (χ0v) is 15.0. The van der Waals surface area contributed by atoms with Gasteiger partial charge in [0.05, 0.1) is 10.5 Å². The van der Waals surface area contributed by atoms with Gasteiger partial charge in [0.15, 0.2) is 11.6 Å². The van der Waals surface area contributed by atoms with Crippen molar-refractivity contribution in [2.75, 3.05) is 0 Å². The number of carbonyl (C=O) groups excluding carboxylic acids is 2. The molecule has 1 aliphatic carbocycles. The molecule has 0 heterocycles. The smallest absolute Gasteiger partial charge is 0.275 e. The SMILES string of the molecule is CCCC(=O)C1=C(O)CC(c2c(C)cc(C)c([N+](=O)[O-])c2C)CC1=O. The van der Waals surface area contributed by atoms with Crippen LogP contribution in [0.3, 0.4) is 0 Å². The van der Waals surface area contributed by atoms with Crippen LogP contribution >= 0.6 is 0 Å². The zero-order chi connectivity index (χ0) is 18.9. The molecule has 0 saturated carbocycles. The van der Waals surface area contributed by atoms with Crippen molar-refractivity contribution in [3.63, 3.8) is 0 Å². The third kappa shape index (κ3) is 3.48. The van der Waals surface area contributed by atoms with Crippen LogP contribution < -0.4 is 0 Å². The number of ketones is 2. The number of Topliss-reactive ketones (excluding diaryl/α,β-unsaturated/α-hetero) is 2. The number of aliphatic hydroxyl groups excluding tert-OH is 1. The highest BCUT2D eigenvalue weighted by atomic mass is 16.6. The monoisotopic (exact) mass is 345 g/mol. The fourth-order valence-electron chi connectivity index (χ4n) is 3.87. The topological polar surface area (TPSA) is 97.5 Å². The Bertz CT molecular complexity index is 791. The van der Waals surface area contributed by atoms with Crippen LogP contribution in [0.2, 0.25) is 0 Å². The number of hydrogen-bond donors (Lipinski definition) is 1. The van der Waals surface area contributed by atoms with E-state index in [2.05, 4.69) is 0 Å². The summed E-state index contributed by atoms with van der Waals surface area (Å²) in [6.45, 7) is 7.05. The maximum absolute atomic E-state index is 12.4. The van der Waals surface area contributed by atoms with Gasteiger partial charge in [-0.15, -0.1) is 0 Å². The van der Waals surface area contributed by atoms with Crippen LogP contribution in [-0.2, 0) is 9.59 Å². The Balaban J connectivity index is 2.49. The van der Waals surface area contributed by atoms with E-state index < -0.39 is 4.92 Å². The lowest BCUT2D eigenvalue weighted by molar-refractivity contribution is -0.386. The summed E-state index contributed by atoms with van der Waals surface area (Å²) in [6.07, 6.45) is 1.06. The van der Waals surface area contributed by atoms with E-state index in [-0.39, 0.29) is 53.8 Å². The molecule has 0 spiro atoms. The Morgan fingerprint density at radius 2 is 1.92 bits per heavy atom. The van der Waals surface area contributed by atoms with Crippen LogP contribution in [0, 0.1) is 30.9 Å². The minimum absolute atomic E-state index is 0.0457. The summed E-state index contributed by atoms with van der Waals surface area (Å²) in [6, 6.07) is 1.74. The molecule has 0 radical (unpaired) electrons. The maximum atomic E-state index is 12.4. The molecule has 1 aromatic carbocycles. The lowest BCUT2D eigenvalue weighted by Gasteiger charge is -2.26. The molecule has 0 saturated heterocycles. The average molecular weight is 345 g/mol. The third-order valence-electron chi connectivity index (χ3n) is 4.78. The van der Waals surface area contributed by atoms with Gasteiger partial charge in [-0.05, 0) is 50.3 Å². The first-order valence-corrected chi connectivity index (χ1v) is 8.42. The molecule has 0 aromatic heterocycles. The molecule has 1 unspecified atom stereocenters. The first kappa shape index (κ1) is 18.8. The molecule has 1 aromatic rings. The second-order valence-corrected chi connectivity index (χ2v) is 6.68. The van der Waals surface area contributed by atoms with Gasteiger partial charge in [-0.3, -0.25) is 19.7 Å². The van der Waals surface area contributed by atoms with Crippen LogP contribution in [0.15, 0.2) is 17.4 Å². The zero-order valence-electron chi connectivity index (χ0n) is 15.0. The number of rotatable bonds is 5. The Hall–Kier alpha value is -2.50. The number of hydrogen-bond acceptors (Lipinski definition) is 5. The minimum Gasteiger partial charge on any atom is -0.511 e. The van der Waals surface area contributed by atoms with Crippen molar-refractivity contribution in [2.45, 2.75) is 59.3 Å². The van der Waals surface area contributed by atoms with Crippen LogP contribution in [-0.4, -0.2) is 21.6 Å². The number of nitro benzene ring substituents is 1. The number of nitro groups is 1. The van der Waals surface area contributed by atoms with Crippen LogP contribution in [0.5, 0.6) is 0 Å². The molecular formula is C19H23NO5. The molecule has 6 nitrogen and oxygen atoms in total. The summed E-state index contributed by atoms with van der Waals surface area (Å²) in [4.78, 5) is 35.5. The van der Waals surface area contributed by atoms with E-state index in [1.54, 1.807) is 19.9 Å². The van der Waals surface area contributed by atoms with Gasteiger partial charge in [-0.25, -0.2) is 0 Å². The van der Waals surface area contributed by atoms with Crippen molar-refractivity contribution < 1.29 is 19.6 Å². The van der Waals surface area contributed by atoms with Gasteiger partial charge in [-0.2, -0.15) is 0 Å². The fourth-order valence-corrected chi connectivity index (χ4v) is 3.87. The normalized spacial score (nSPS) is 17.8. The fraction of sp³-hybridized carbons (Fsp3) is 0.474. The van der Waals surface area contributed by atoms with Crippen molar-refractivity contribution >= 4 is 17.3 Å². The van der Waals surface area contributed by atoms with E-state index in [1.807, 2.05) is 13.8 Å². The molecular weight excluding hydrogens is 322 g/mol. The second kappa shape index (κ2) is 7.17. The van der Waals surface area contributed by atoms with E-state index in [1.165, 1.54) is 0 Å². The Morgan fingerprint density at radius 3 is 2.44 bits per heavy atom. The van der Waals surface area contributed by atoms with Crippen molar-refractivity contribution in [3.05, 3.63) is 49.8 Å². The molecule has 0 amide bonds. The van der Waals surface area contributed by atoms with Crippen LogP contribution in [0.1, 0.15) is 60.8 Å². The highest BCUT2D eigenvalue weighted by molar-refractivity contribution is 6.21. The Morgan fingerprint density at radius 1 is 1.28 bits per heavy atom. The number of carbonyl (C=O) groups is 2. The number of nitrogens with zero attached hydrogens (tertiary/aromatic N) is 1. The van der Waals surface area contributed by atoms with E-state index >= 15 is 0 Å².